The Bertz CT molecular complexity index is 819. The predicted octanol–water partition coefficient (Wildman–Crippen LogP) is 2.40. The summed E-state index contributed by atoms with van der Waals surface area (Å²) in [7, 11) is 1.32. The molecule has 0 saturated carbocycles. The number of hydrogen-bond acceptors (Lipinski definition) is 7. The molecule has 9 heteroatoms. The molecule has 0 aliphatic carbocycles. The van der Waals surface area contributed by atoms with E-state index in [1.165, 1.54) is 13.3 Å². The van der Waals surface area contributed by atoms with Crippen LogP contribution in [0, 0.1) is 13.8 Å². The molecule has 0 aliphatic rings. The standard InChI is InChI=1S/C10H10N4O2.C5H5ClN2/c1-6-11-4-3-8(13-6)7-5-12-14-9(7)10(15)16-2;1-4-7-3-2-5(6)8-4/h3-5H,1-2H3,(H,12,14);2-3H,1H3. The van der Waals surface area contributed by atoms with Crippen LogP contribution in [-0.2, 0) is 4.74 Å². The first kappa shape index (κ1) is 17.5. The zero-order chi connectivity index (χ0) is 17.5. The highest BCUT2D eigenvalue weighted by atomic mass is 35.5. The van der Waals surface area contributed by atoms with Crippen molar-refractivity contribution in [2.45, 2.75) is 13.8 Å². The van der Waals surface area contributed by atoms with E-state index in [0.717, 1.165) is 0 Å². The van der Waals surface area contributed by atoms with Crippen LogP contribution in [0.25, 0.3) is 11.3 Å². The first-order valence-electron chi connectivity index (χ1n) is 6.88. The SMILES string of the molecule is COC(=O)c1[nH]ncc1-c1ccnc(C)n1.Cc1nccc(Cl)n1. The van der Waals surface area contributed by atoms with E-state index < -0.39 is 5.97 Å². The maximum Gasteiger partial charge on any atom is 0.356 e. The summed E-state index contributed by atoms with van der Waals surface area (Å²) in [6, 6.07) is 3.36. The van der Waals surface area contributed by atoms with Crippen LogP contribution < -0.4 is 0 Å². The number of halogens is 1. The van der Waals surface area contributed by atoms with Crippen molar-refractivity contribution in [2.75, 3.05) is 7.11 Å². The third-order valence-electron chi connectivity index (χ3n) is 2.82. The number of aryl methyl sites for hydroxylation is 2. The lowest BCUT2D eigenvalue weighted by molar-refractivity contribution is 0.0595. The van der Waals surface area contributed by atoms with E-state index in [2.05, 4.69) is 34.9 Å². The van der Waals surface area contributed by atoms with Gasteiger partial charge in [0, 0.05) is 12.4 Å². The highest BCUT2D eigenvalue weighted by Crippen LogP contribution is 2.19. The Kier molecular flexibility index (Phi) is 5.91. The molecule has 0 aliphatic heterocycles. The van der Waals surface area contributed by atoms with E-state index in [4.69, 9.17) is 11.6 Å². The molecule has 0 fully saturated rings. The van der Waals surface area contributed by atoms with Gasteiger partial charge in [-0.2, -0.15) is 5.10 Å². The molecule has 3 aromatic rings. The number of aromatic nitrogens is 6. The van der Waals surface area contributed by atoms with Crippen LogP contribution in [0.1, 0.15) is 22.1 Å². The quantitative estimate of drug-likeness (QED) is 0.560. The van der Waals surface area contributed by atoms with Crippen molar-refractivity contribution in [1.29, 1.82) is 0 Å². The number of ether oxygens (including phenoxy) is 1. The average Bonchev–Trinajstić information content (AvgIpc) is 3.04. The summed E-state index contributed by atoms with van der Waals surface area (Å²) in [5.74, 6) is 0.871. The van der Waals surface area contributed by atoms with Gasteiger partial charge in [0.2, 0.25) is 0 Å². The molecular weight excluding hydrogens is 332 g/mol. The minimum atomic E-state index is -0.469. The summed E-state index contributed by atoms with van der Waals surface area (Å²) < 4.78 is 4.63. The van der Waals surface area contributed by atoms with Gasteiger partial charge in [-0.25, -0.2) is 24.7 Å². The first-order valence-corrected chi connectivity index (χ1v) is 7.26. The van der Waals surface area contributed by atoms with Gasteiger partial charge >= 0.3 is 5.97 Å². The maximum absolute atomic E-state index is 11.4. The zero-order valence-corrected chi connectivity index (χ0v) is 14.1. The minimum Gasteiger partial charge on any atom is -0.464 e. The van der Waals surface area contributed by atoms with Crippen LogP contribution in [0.5, 0.6) is 0 Å². The monoisotopic (exact) mass is 346 g/mol. The van der Waals surface area contributed by atoms with E-state index >= 15 is 0 Å². The zero-order valence-electron chi connectivity index (χ0n) is 13.3. The van der Waals surface area contributed by atoms with Gasteiger partial charge in [0.05, 0.1) is 24.6 Å². The molecular formula is C15H15ClN6O2. The normalized spacial score (nSPS) is 9.83. The third kappa shape index (κ3) is 4.56. The molecule has 3 aromatic heterocycles. The van der Waals surface area contributed by atoms with Gasteiger partial charge in [-0.3, -0.25) is 5.10 Å². The van der Waals surface area contributed by atoms with Crippen molar-refractivity contribution in [3.63, 3.8) is 0 Å². The molecule has 3 rings (SSSR count). The smallest absolute Gasteiger partial charge is 0.356 e. The number of hydrogen-bond donors (Lipinski definition) is 1. The molecule has 3 heterocycles. The molecule has 0 atom stereocenters. The van der Waals surface area contributed by atoms with E-state index in [9.17, 15) is 4.79 Å². The van der Waals surface area contributed by atoms with Crippen LogP contribution in [-0.4, -0.2) is 43.2 Å². The molecule has 0 amide bonds. The van der Waals surface area contributed by atoms with E-state index in [-0.39, 0.29) is 0 Å². The number of esters is 1. The van der Waals surface area contributed by atoms with Gasteiger partial charge in [-0.15, -0.1) is 0 Å². The molecule has 24 heavy (non-hydrogen) atoms. The fourth-order valence-electron chi connectivity index (χ4n) is 1.77. The number of methoxy groups -OCH3 is 1. The van der Waals surface area contributed by atoms with E-state index in [1.807, 2.05) is 0 Å². The Labute approximate surface area is 143 Å². The number of aromatic amines is 1. The van der Waals surface area contributed by atoms with Crippen molar-refractivity contribution in [3.8, 4) is 11.3 Å². The average molecular weight is 347 g/mol. The number of H-pyrrole nitrogens is 1. The number of nitrogens with one attached hydrogen (secondary N) is 1. The topological polar surface area (TPSA) is 107 Å². The molecule has 0 unspecified atom stereocenters. The fourth-order valence-corrected chi connectivity index (χ4v) is 1.95. The first-order chi connectivity index (χ1) is 11.5. The maximum atomic E-state index is 11.4. The van der Waals surface area contributed by atoms with Gasteiger partial charge in [0.25, 0.3) is 0 Å². The van der Waals surface area contributed by atoms with Crippen molar-refractivity contribution in [1.82, 2.24) is 30.1 Å². The summed E-state index contributed by atoms with van der Waals surface area (Å²) in [6.07, 6.45) is 4.80. The Hall–Kier alpha value is -2.87. The Morgan fingerprint density at radius 2 is 1.79 bits per heavy atom. The van der Waals surface area contributed by atoms with Crippen molar-refractivity contribution in [3.05, 3.63) is 53.2 Å². The lowest BCUT2D eigenvalue weighted by Gasteiger charge is -2.01. The predicted molar refractivity (Wildman–Crippen MR) is 87.5 cm³/mol. The van der Waals surface area contributed by atoms with Crippen molar-refractivity contribution >= 4 is 17.6 Å². The molecule has 1 N–H and O–H groups in total. The van der Waals surface area contributed by atoms with Crippen LogP contribution in [0.2, 0.25) is 5.15 Å². The molecule has 0 saturated heterocycles. The van der Waals surface area contributed by atoms with E-state index in [0.29, 0.717) is 33.8 Å². The lowest BCUT2D eigenvalue weighted by atomic mass is 10.2. The second kappa shape index (κ2) is 8.11. The largest absolute Gasteiger partial charge is 0.464 e. The minimum absolute atomic E-state index is 0.292. The summed E-state index contributed by atoms with van der Waals surface area (Å²) >= 11 is 5.49. The van der Waals surface area contributed by atoms with Crippen LogP contribution in [0.4, 0.5) is 0 Å². The van der Waals surface area contributed by atoms with Crippen LogP contribution in [0.15, 0.2) is 30.7 Å². The molecule has 0 bridgehead atoms. The van der Waals surface area contributed by atoms with Gasteiger partial charge in [-0.05, 0) is 26.0 Å². The number of nitrogens with zero attached hydrogens (tertiary/aromatic N) is 5. The van der Waals surface area contributed by atoms with E-state index in [1.54, 1.807) is 38.4 Å². The molecule has 0 aromatic carbocycles. The summed E-state index contributed by atoms with van der Waals surface area (Å²) in [4.78, 5) is 27.3. The molecule has 124 valence electrons. The highest BCUT2D eigenvalue weighted by molar-refractivity contribution is 6.29. The number of carbonyl (C=O) groups is 1. The fraction of sp³-hybridized carbons (Fsp3) is 0.200. The summed E-state index contributed by atoms with van der Waals surface area (Å²) in [5.41, 5.74) is 1.54. The van der Waals surface area contributed by atoms with Crippen LogP contribution >= 0.6 is 11.6 Å². The Morgan fingerprint density at radius 1 is 1.12 bits per heavy atom. The third-order valence-corrected chi connectivity index (χ3v) is 3.03. The number of carbonyl (C=O) groups excluding carboxylic acids is 1. The van der Waals surface area contributed by atoms with Crippen LogP contribution in [0.3, 0.4) is 0 Å². The lowest BCUT2D eigenvalue weighted by Crippen LogP contribution is -2.04. The van der Waals surface area contributed by atoms with Gasteiger partial charge in [0.1, 0.15) is 16.8 Å². The second-order valence-corrected chi connectivity index (χ2v) is 4.95. The van der Waals surface area contributed by atoms with Crippen molar-refractivity contribution in [2.24, 2.45) is 0 Å². The summed E-state index contributed by atoms with van der Waals surface area (Å²) in [6.45, 7) is 3.58. The van der Waals surface area contributed by atoms with Gasteiger partial charge in [-0.1, -0.05) is 11.6 Å². The molecule has 0 radical (unpaired) electrons. The number of rotatable bonds is 2. The second-order valence-electron chi connectivity index (χ2n) is 4.57. The molecule has 0 spiro atoms. The van der Waals surface area contributed by atoms with Crippen molar-refractivity contribution < 1.29 is 9.53 Å². The molecule has 8 nitrogen and oxygen atoms in total. The van der Waals surface area contributed by atoms with Gasteiger partial charge in [0.15, 0.2) is 5.69 Å². The highest BCUT2D eigenvalue weighted by Gasteiger charge is 2.16. The van der Waals surface area contributed by atoms with Gasteiger partial charge < -0.3 is 4.74 Å². The Morgan fingerprint density at radius 3 is 2.33 bits per heavy atom. The summed E-state index contributed by atoms with van der Waals surface area (Å²) in [5, 5.41) is 6.90. The Balaban J connectivity index is 0.000000219.